The standard InChI is InChI=1S/C26H29Cl2N3O6/c1-26(29,25(36)37-2)17-6-3-5-16(17)22(32)31-20(24(34)35)13-14-9-11-15(12-10-14)30-23(33)21-18(27)7-4-8-19(21)28/h4,7-12,16-17,20H,3,5-6,13,29H2,1-2H3,(H,30,33)(H,31,32)(H,34,35)/t16?,17?,20-,26?/m0/s1. The first-order valence-electron chi connectivity index (χ1n) is 11.7. The summed E-state index contributed by atoms with van der Waals surface area (Å²) in [6.07, 6.45) is 1.76. The average Bonchev–Trinajstić information content (AvgIpc) is 3.35. The molecule has 2 amide bonds. The molecule has 0 radical (unpaired) electrons. The minimum atomic E-state index is -1.36. The minimum Gasteiger partial charge on any atom is -0.480 e. The lowest BCUT2D eigenvalue weighted by atomic mass is 9.78. The highest BCUT2D eigenvalue weighted by atomic mass is 35.5. The van der Waals surface area contributed by atoms with Crippen molar-refractivity contribution in [2.75, 3.05) is 12.4 Å². The Bertz CT molecular complexity index is 1170. The number of carboxylic acids is 1. The highest BCUT2D eigenvalue weighted by Crippen LogP contribution is 2.39. The van der Waals surface area contributed by atoms with Gasteiger partial charge in [0, 0.05) is 18.0 Å². The van der Waals surface area contributed by atoms with Crippen LogP contribution < -0.4 is 16.4 Å². The van der Waals surface area contributed by atoms with Crippen molar-refractivity contribution in [2.24, 2.45) is 17.6 Å². The second-order valence-electron chi connectivity index (χ2n) is 9.27. The van der Waals surface area contributed by atoms with E-state index in [-0.39, 0.29) is 22.0 Å². The molecular formula is C26H29Cl2N3O6. The highest BCUT2D eigenvalue weighted by Gasteiger charge is 2.48. The number of nitrogens with one attached hydrogen (secondary N) is 2. The van der Waals surface area contributed by atoms with Crippen LogP contribution in [0.2, 0.25) is 10.0 Å². The van der Waals surface area contributed by atoms with Gasteiger partial charge in [-0.25, -0.2) is 4.79 Å². The van der Waals surface area contributed by atoms with Gasteiger partial charge in [-0.05, 0) is 55.5 Å². The first kappa shape index (κ1) is 28.4. The molecular weight excluding hydrogens is 521 g/mol. The molecule has 5 N–H and O–H groups in total. The van der Waals surface area contributed by atoms with Gasteiger partial charge in [-0.15, -0.1) is 0 Å². The van der Waals surface area contributed by atoms with E-state index >= 15 is 0 Å². The average molecular weight is 550 g/mol. The van der Waals surface area contributed by atoms with E-state index in [0.29, 0.717) is 30.5 Å². The number of carbonyl (C=O) groups excluding carboxylic acids is 3. The molecule has 198 valence electrons. The predicted octanol–water partition coefficient (Wildman–Crippen LogP) is 3.66. The van der Waals surface area contributed by atoms with E-state index in [9.17, 15) is 24.3 Å². The number of nitrogens with two attached hydrogens (primary N) is 1. The van der Waals surface area contributed by atoms with E-state index < -0.39 is 47.2 Å². The lowest BCUT2D eigenvalue weighted by Gasteiger charge is -2.32. The Morgan fingerprint density at radius 1 is 1.11 bits per heavy atom. The SMILES string of the molecule is COC(=O)C(C)(N)C1CCCC1C(=O)N[C@@H](Cc1ccc(NC(=O)c2c(Cl)cccc2Cl)cc1)C(=O)O. The molecule has 2 aromatic carbocycles. The molecule has 0 bridgehead atoms. The van der Waals surface area contributed by atoms with Gasteiger partial charge >= 0.3 is 11.9 Å². The Kier molecular flexibility index (Phi) is 9.17. The normalized spacial score (nSPS) is 19.4. The third-order valence-corrected chi connectivity index (χ3v) is 7.33. The zero-order valence-corrected chi connectivity index (χ0v) is 21.9. The molecule has 1 aliphatic rings. The number of halogens is 2. The summed E-state index contributed by atoms with van der Waals surface area (Å²) in [7, 11) is 1.24. The Morgan fingerprint density at radius 3 is 2.30 bits per heavy atom. The Balaban J connectivity index is 1.66. The molecule has 1 saturated carbocycles. The van der Waals surface area contributed by atoms with Crippen molar-refractivity contribution in [1.29, 1.82) is 0 Å². The second-order valence-corrected chi connectivity index (χ2v) is 10.1. The second kappa shape index (κ2) is 11.9. The predicted molar refractivity (Wildman–Crippen MR) is 140 cm³/mol. The number of esters is 1. The molecule has 1 fully saturated rings. The number of benzene rings is 2. The Hall–Kier alpha value is -3.14. The van der Waals surface area contributed by atoms with Crippen molar-refractivity contribution in [3.63, 3.8) is 0 Å². The molecule has 9 nitrogen and oxygen atoms in total. The van der Waals surface area contributed by atoms with Gasteiger partial charge in [-0.1, -0.05) is 47.8 Å². The quantitative estimate of drug-likeness (QED) is 0.348. The smallest absolute Gasteiger partial charge is 0.326 e. The van der Waals surface area contributed by atoms with Crippen molar-refractivity contribution in [1.82, 2.24) is 5.32 Å². The van der Waals surface area contributed by atoms with Gasteiger partial charge in [0.2, 0.25) is 5.91 Å². The van der Waals surface area contributed by atoms with E-state index in [1.54, 1.807) is 42.5 Å². The Morgan fingerprint density at radius 2 is 1.73 bits per heavy atom. The summed E-state index contributed by atoms with van der Waals surface area (Å²) in [5, 5.41) is 15.5. The van der Waals surface area contributed by atoms with Crippen LogP contribution in [0, 0.1) is 11.8 Å². The minimum absolute atomic E-state index is 0.0138. The zero-order chi connectivity index (χ0) is 27.3. The van der Waals surface area contributed by atoms with E-state index in [1.165, 1.54) is 14.0 Å². The van der Waals surface area contributed by atoms with Crippen molar-refractivity contribution >= 4 is 52.6 Å². The van der Waals surface area contributed by atoms with Gasteiger partial charge in [0.15, 0.2) is 0 Å². The van der Waals surface area contributed by atoms with E-state index in [2.05, 4.69) is 10.6 Å². The van der Waals surface area contributed by atoms with Gasteiger partial charge in [0.05, 0.1) is 22.7 Å². The summed E-state index contributed by atoms with van der Waals surface area (Å²) < 4.78 is 4.80. The van der Waals surface area contributed by atoms with Gasteiger partial charge in [0.25, 0.3) is 5.91 Å². The summed E-state index contributed by atoms with van der Waals surface area (Å²) in [6, 6.07) is 10.1. The molecule has 37 heavy (non-hydrogen) atoms. The lowest BCUT2D eigenvalue weighted by Crippen LogP contribution is -2.56. The lowest BCUT2D eigenvalue weighted by molar-refractivity contribution is -0.150. The van der Waals surface area contributed by atoms with Crippen molar-refractivity contribution < 1.29 is 29.0 Å². The monoisotopic (exact) mass is 549 g/mol. The zero-order valence-electron chi connectivity index (χ0n) is 20.4. The largest absolute Gasteiger partial charge is 0.480 e. The van der Waals surface area contributed by atoms with E-state index in [0.717, 1.165) is 0 Å². The van der Waals surface area contributed by atoms with Crippen LogP contribution >= 0.6 is 23.2 Å². The molecule has 0 aliphatic heterocycles. The number of carboxylic acid groups (broad SMARTS) is 1. The van der Waals surface area contributed by atoms with Crippen LogP contribution in [0.1, 0.15) is 42.1 Å². The molecule has 1 aliphatic carbocycles. The van der Waals surface area contributed by atoms with Crippen LogP contribution in [0.4, 0.5) is 5.69 Å². The first-order chi connectivity index (χ1) is 17.4. The topological polar surface area (TPSA) is 148 Å². The molecule has 0 aromatic heterocycles. The fraction of sp³-hybridized carbons (Fsp3) is 0.385. The maximum atomic E-state index is 13.0. The maximum absolute atomic E-state index is 13.0. The van der Waals surface area contributed by atoms with Crippen LogP contribution in [0.25, 0.3) is 0 Å². The molecule has 0 heterocycles. The molecule has 0 spiro atoms. The van der Waals surface area contributed by atoms with Crippen LogP contribution in [-0.2, 0) is 25.5 Å². The molecule has 11 heteroatoms. The Labute approximate surface area is 224 Å². The highest BCUT2D eigenvalue weighted by molar-refractivity contribution is 6.40. The molecule has 3 unspecified atom stereocenters. The van der Waals surface area contributed by atoms with Crippen LogP contribution in [0.15, 0.2) is 42.5 Å². The number of anilines is 1. The number of methoxy groups -OCH3 is 1. The summed E-state index contributed by atoms with van der Waals surface area (Å²) in [5.74, 6) is -3.83. The number of carbonyl (C=O) groups is 4. The number of amides is 2. The van der Waals surface area contributed by atoms with Crippen molar-refractivity contribution in [3.05, 3.63) is 63.6 Å². The van der Waals surface area contributed by atoms with Gasteiger partial charge in [-0.3, -0.25) is 14.4 Å². The fourth-order valence-corrected chi connectivity index (χ4v) is 5.28. The summed E-state index contributed by atoms with van der Waals surface area (Å²) >= 11 is 12.2. The summed E-state index contributed by atoms with van der Waals surface area (Å²) in [6.45, 7) is 1.53. The summed E-state index contributed by atoms with van der Waals surface area (Å²) in [5.41, 5.74) is 6.08. The van der Waals surface area contributed by atoms with Crippen LogP contribution in [0.5, 0.6) is 0 Å². The third kappa shape index (κ3) is 6.60. The maximum Gasteiger partial charge on any atom is 0.326 e. The molecule has 4 atom stereocenters. The number of ether oxygens (including phenoxy) is 1. The van der Waals surface area contributed by atoms with E-state index in [4.69, 9.17) is 33.7 Å². The van der Waals surface area contributed by atoms with Crippen LogP contribution in [0.3, 0.4) is 0 Å². The molecule has 2 aromatic rings. The van der Waals surface area contributed by atoms with Gasteiger partial charge in [-0.2, -0.15) is 0 Å². The fourth-order valence-electron chi connectivity index (χ4n) is 4.71. The van der Waals surface area contributed by atoms with Crippen LogP contribution in [-0.4, -0.2) is 47.6 Å². The van der Waals surface area contributed by atoms with Crippen molar-refractivity contribution in [2.45, 2.75) is 44.2 Å². The molecule has 0 saturated heterocycles. The number of aliphatic carboxylic acids is 1. The number of hydrogen-bond donors (Lipinski definition) is 4. The third-order valence-electron chi connectivity index (χ3n) is 6.70. The summed E-state index contributed by atoms with van der Waals surface area (Å²) in [4.78, 5) is 49.7. The van der Waals surface area contributed by atoms with E-state index in [1.807, 2.05) is 0 Å². The molecule has 3 rings (SSSR count). The van der Waals surface area contributed by atoms with Crippen molar-refractivity contribution in [3.8, 4) is 0 Å². The van der Waals surface area contributed by atoms with Gasteiger partial charge < -0.3 is 26.2 Å². The number of rotatable bonds is 9. The first-order valence-corrected chi connectivity index (χ1v) is 12.5. The van der Waals surface area contributed by atoms with Gasteiger partial charge in [0.1, 0.15) is 11.6 Å². The number of hydrogen-bond acceptors (Lipinski definition) is 6.